The molecule has 0 fully saturated rings. The third-order valence-electron chi connectivity index (χ3n) is 2.15. The summed E-state index contributed by atoms with van der Waals surface area (Å²) in [4.78, 5) is 1.33. The molecule has 0 radical (unpaired) electrons. The van der Waals surface area contributed by atoms with E-state index in [4.69, 9.17) is 4.43 Å². The monoisotopic (exact) mass is 254 g/mol. The summed E-state index contributed by atoms with van der Waals surface area (Å²) in [6, 6.07) is 10.5. The zero-order valence-electron chi connectivity index (χ0n) is 10.7. The number of hydrogen-bond acceptors (Lipinski definition) is 2. The molecule has 90 valence electrons. The Kier molecular flexibility index (Phi) is 5.59. The van der Waals surface area contributed by atoms with Crippen LogP contribution in [0.3, 0.4) is 0 Å². The van der Waals surface area contributed by atoms with Crippen molar-refractivity contribution in [2.75, 3.05) is 5.75 Å². The maximum Gasteiger partial charge on any atom is 0.184 e. The Hall–Kier alpha value is -0.253. The predicted octanol–water partition coefficient (Wildman–Crippen LogP) is 4.41. The average molecular weight is 254 g/mol. The second-order valence-corrected chi connectivity index (χ2v) is 10.4. The highest BCUT2D eigenvalue weighted by Gasteiger charge is 2.19. The zero-order chi connectivity index (χ0) is 12.0. The molecule has 0 aliphatic carbocycles. The van der Waals surface area contributed by atoms with E-state index in [0.29, 0.717) is 6.10 Å². The zero-order valence-corrected chi connectivity index (χ0v) is 12.5. The Bertz CT molecular complexity index is 295. The lowest BCUT2D eigenvalue weighted by molar-refractivity contribution is 0.214. The molecule has 0 spiro atoms. The van der Waals surface area contributed by atoms with Crippen molar-refractivity contribution < 1.29 is 4.43 Å². The molecule has 0 aromatic heterocycles. The van der Waals surface area contributed by atoms with E-state index >= 15 is 0 Å². The molecule has 0 N–H and O–H groups in total. The van der Waals surface area contributed by atoms with Crippen LogP contribution >= 0.6 is 11.8 Å². The Morgan fingerprint density at radius 2 is 1.81 bits per heavy atom. The predicted molar refractivity (Wildman–Crippen MR) is 75.7 cm³/mol. The second kappa shape index (κ2) is 6.47. The van der Waals surface area contributed by atoms with E-state index in [-0.39, 0.29) is 0 Å². The maximum atomic E-state index is 6.13. The molecule has 0 amide bonds. The first-order valence-corrected chi connectivity index (χ1v) is 10.3. The van der Waals surface area contributed by atoms with Crippen LogP contribution in [-0.2, 0) is 4.43 Å². The molecular weight excluding hydrogens is 232 g/mol. The highest BCUT2D eigenvalue weighted by atomic mass is 32.2. The standard InChI is InChI=1S/C13H22OSSi/c1-5-12(14-16(2,3)4)11-15-13-9-7-6-8-10-13/h6-10,12H,5,11H2,1-4H3. The molecule has 0 saturated carbocycles. The molecule has 3 heteroatoms. The van der Waals surface area contributed by atoms with Crippen molar-refractivity contribution in [3.8, 4) is 0 Å². The normalized spacial score (nSPS) is 13.8. The summed E-state index contributed by atoms with van der Waals surface area (Å²) in [7, 11) is -1.39. The molecule has 0 bridgehead atoms. The number of rotatable bonds is 6. The Morgan fingerprint density at radius 3 is 2.31 bits per heavy atom. The molecule has 1 unspecified atom stereocenters. The highest BCUT2D eigenvalue weighted by molar-refractivity contribution is 7.99. The summed E-state index contributed by atoms with van der Waals surface area (Å²) >= 11 is 1.89. The molecule has 0 aliphatic rings. The van der Waals surface area contributed by atoms with Crippen molar-refractivity contribution >= 4 is 20.1 Å². The third kappa shape index (κ3) is 5.73. The Morgan fingerprint density at radius 1 is 1.19 bits per heavy atom. The quantitative estimate of drug-likeness (QED) is 0.549. The summed E-state index contributed by atoms with van der Waals surface area (Å²) in [6.07, 6.45) is 1.50. The van der Waals surface area contributed by atoms with Gasteiger partial charge in [0.1, 0.15) is 0 Å². The minimum Gasteiger partial charge on any atom is -0.414 e. The fourth-order valence-electron chi connectivity index (χ4n) is 1.44. The van der Waals surface area contributed by atoms with Gasteiger partial charge in [0, 0.05) is 10.6 Å². The van der Waals surface area contributed by atoms with Crippen LogP contribution in [0.2, 0.25) is 19.6 Å². The third-order valence-corrected chi connectivity index (χ3v) is 4.34. The van der Waals surface area contributed by atoms with E-state index in [1.165, 1.54) is 4.90 Å². The van der Waals surface area contributed by atoms with Crippen LogP contribution < -0.4 is 0 Å². The van der Waals surface area contributed by atoms with Crippen LogP contribution in [0.15, 0.2) is 35.2 Å². The van der Waals surface area contributed by atoms with Crippen molar-refractivity contribution in [3.63, 3.8) is 0 Å². The van der Waals surface area contributed by atoms with E-state index < -0.39 is 8.32 Å². The van der Waals surface area contributed by atoms with Gasteiger partial charge < -0.3 is 4.43 Å². The first kappa shape index (κ1) is 13.8. The van der Waals surface area contributed by atoms with Crippen LogP contribution in [-0.4, -0.2) is 20.2 Å². The van der Waals surface area contributed by atoms with Gasteiger partial charge in [-0.15, -0.1) is 11.8 Å². The van der Waals surface area contributed by atoms with Gasteiger partial charge in [-0.3, -0.25) is 0 Å². The topological polar surface area (TPSA) is 9.23 Å². The summed E-state index contributed by atoms with van der Waals surface area (Å²) < 4.78 is 6.13. The van der Waals surface area contributed by atoms with E-state index in [1.807, 2.05) is 11.8 Å². The lowest BCUT2D eigenvalue weighted by Crippen LogP contribution is -2.32. The molecule has 0 heterocycles. The van der Waals surface area contributed by atoms with Crippen LogP contribution in [0.1, 0.15) is 13.3 Å². The molecule has 1 aromatic carbocycles. The highest BCUT2D eigenvalue weighted by Crippen LogP contribution is 2.21. The van der Waals surface area contributed by atoms with Gasteiger partial charge in [0.15, 0.2) is 8.32 Å². The SMILES string of the molecule is CCC(CSc1ccccc1)O[Si](C)(C)C. The smallest absolute Gasteiger partial charge is 0.184 e. The Labute approximate surface area is 105 Å². The summed E-state index contributed by atoms with van der Waals surface area (Å²) in [6.45, 7) is 8.96. The largest absolute Gasteiger partial charge is 0.414 e. The van der Waals surface area contributed by atoms with Crippen LogP contribution in [0.4, 0.5) is 0 Å². The molecule has 1 rings (SSSR count). The summed E-state index contributed by atoms with van der Waals surface area (Å²) in [5, 5.41) is 0. The summed E-state index contributed by atoms with van der Waals surface area (Å²) in [5.41, 5.74) is 0. The first-order valence-electron chi connectivity index (χ1n) is 5.87. The molecule has 1 nitrogen and oxygen atoms in total. The first-order chi connectivity index (χ1) is 7.51. The van der Waals surface area contributed by atoms with Crippen molar-refractivity contribution in [2.24, 2.45) is 0 Å². The second-order valence-electron chi connectivity index (χ2n) is 4.88. The summed E-state index contributed by atoms with van der Waals surface area (Å²) in [5.74, 6) is 1.06. The van der Waals surface area contributed by atoms with Gasteiger partial charge in [-0.1, -0.05) is 25.1 Å². The van der Waals surface area contributed by atoms with E-state index in [1.54, 1.807) is 0 Å². The van der Waals surface area contributed by atoms with Gasteiger partial charge in [0.2, 0.25) is 0 Å². The van der Waals surface area contributed by atoms with Gasteiger partial charge >= 0.3 is 0 Å². The van der Waals surface area contributed by atoms with Gasteiger partial charge in [0.25, 0.3) is 0 Å². The number of benzene rings is 1. The van der Waals surface area contributed by atoms with E-state index in [9.17, 15) is 0 Å². The van der Waals surface area contributed by atoms with E-state index in [0.717, 1.165) is 12.2 Å². The van der Waals surface area contributed by atoms with Crippen molar-refractivity contribution in [3.05, 3.63) is 30.3 Å². The molecule has 0 saturated heterocycles. The van der Waals surface area contributed by atoms with Crippen molar-refractivity contribution in [2.45, 2.75) is 44.0 Å². The number of hydrogen-bond donors (Lipinski definition) is 0. The molecular formula is C13H22OSSi. The molecule has 1 aromatic rings. The minimum absolute atomic E-state index is 0.400. The lowest BCUT2D eigenvalue weighted by Gasteiger charge is -2.25. The number of thioether (sulfide) groups is 1. The van der Waals surface area contributed by atoms with Gasteiger partial charge in [-0.05, 0) is 38.2 Å². The van der Waals surface area contributed by atoms with Crippen LogP contribution in [0.25, 0.3) is 0 Å². The van der Waals surface area contributed by atoms with Crippen molar-refractivity contribution in [1.29, 1.82) is 0 Å². The van der Waals surface area contributed by atoms with Gasteiger partial charge in [0.05, 0.1) is 6.10 Å². The minimum atomic E-state index is -1.39. The molecule has 1 atom stereocenters. The fourth-order valence-corrected chi connectivity index (χ4v) is 3.84. The van der Waals surface area contributed by atoms with Crippen LogP contribution in [0, 0.1) is 0 Å². The maximum absolute atomic E-state index is 6.13. The van der Waals surface area contributed by atoms with Gasteiger partial charge in [-0.25, -0.2) is 0 Å². The van der Waals surface area contributed by atoms with Crippen LogP contribution in [0.5, 0.6) is 0 Å². The average Bonchev–Trinajstić information content (AvgIpc) is 2.24. The molecule has 16 heavy (non-hydrogen) atoms. The van der Waals surface area contributed by atoms with E-state index in [2.05, 4.69) is 56.9 Å². The fraction of sp³-hybridized carbons (Fsp3) is 0.538. The van der Waals surface area contributed by atoms with Gasteiger partial charge in [-0.2, -0.15) is 0 Å². The molecule has 0 aliphatic heterocycles. The lowest BCUT2D eigenvalue weighted by atomic mass is 10.3. The van der Waals surface area contributed by atoms with Crippen molar-refractivity contribution in [1.82, 2.24) is 0 Å². The Balaban J connectivity index is 2.40.